The van der Waals surface area contributed by atoms with Gasteiger partial charge in [-0.05, 0) is 20.3 Å². The fraction of sp³-hybridized carbons (Fsp3) is 1.00. The van der Waals surface area contributed by atoms with E-state index in [0.717, 1.165) is 12.1 Å². The fourth-order valence-corrected chi connectivity index (χ4v) is 3.20. The predicted molar refractivity (Wildman–Crippen MR) is 60.0 cm³/mol. The summed E-state index contributed by atoms with van der Waals surface area (Å²) in [5, 5.41) is 0. The highest BCUT2D eigenvalue weighted by molar-refractivity contribution is 4.76. The van der Waals surface area contributed by atoms with Crippen molar-refractivity contribution >= 4 is 0 Å². The number of hydrogen-bond acceptors (Lipinski definition) is 1. The van der Waals surface area contributed by atoms with Gasteiger partial charge in [0.2, 0.25) is 0 Å². The Balaban J connectivity index is 2.02. The lowest BCUT2D eigenvalue weighted by Gasteiger charge is -2.33. The molecule has 2 heteroatoms. The molecule has 2 unspecified atom stereocenters. The van der Waals surface area contributed by atoms with Crippen molar-refractivity contribution in [1.82, 2.24) is 4.90 Å². The molecule has 2 rings (SSSR count). The molecule has 0 aromatic rings. The minimum absolute atomic E-state index is 0.788. The second-order valence-corrected chi connectivity index (χ2v) is 5.39. The Bertz CT molecular complexity index is 196. The maximum absolute atomic E-state index is 2.70. The van der Waals surface area contributed by atoms with Crippen LogP contribution in [0.2, 0.25) is 0 Å². The molecule has 2 atom stereocenters. The summed E-state index contributed by atoms with van der Waals surface area (Å²) in [6.07, 6.45) is 4.21. The molecule has 82 valence electrons. The Morgan fingerprint density at radius 2 is 2.00 bits per heavy atom. The van der Waals surface area contributed by atoms with E-state index in [1.807, 2.05) is 0 Å². The van der Waals surface area contributed by atoms with E-state index in [2.05, 4.69) is 25.7 Å². The number of rotatable bonds is 2. The van der Waals surface area contributed by atoms with E-state index in [1.54, 1.807) is 0 Å². The minimum Gasteiger partial charge on any atom is -0.308 e. The monoisotopic (exact) mass is 197 g/mol. The molecule has 0 bridgehead atoms. The van der Waals surface area contributed by atoms with E-state index < -0.39 is 0 Å². The van der Waals surface area contributed by atoms with Crippen LogP contribution < -0.4 is 0 Å². The van der Waals surface area contributed by atoms with Gasteiger partial charge in [-0.25, -0.2) is 4.90 Å². The molecule has 0 aromatic carbocycles. The van der Waals surface area contributed by atoms with Crippen LogP contribution in [0.15, 0.2) is 0 Å². The summed E-state index contributed by atoms with van der Waals surface area (Å²) in [5.74, 6) is 0. The average Bonchev–Trinajstić information content (AvgIpc) is 2.76. The summed E-state index contributed by atoms with van der Waals surface area (Å²) in [6.45, 7) is 12.7. The van der Waals surface area contributed by atoms with Crippen LogP contribution in [-0.4, -0.2) is 47.8 Å². The molecule has 2 aliphatic rings. The standard InChI is InChI=1S/C12H25N2/c1-4-11(2)13-9-12(3)14(10-13)7-5-6-8-14/h11-12H,4-10H2,1-3H3/q+1. The van der Waals surface area contributed by atoms with Crippen LogP contribution in [0.4, 0.5) is 0 Å². The highest BCUT2D eigenvalue weighted by atomic mass is 15.5. The van der Waals surface area contributed by atoms with Crippen molar-refractivity contribution in [3.63, 3.8) is 0 Å². The van der Waals surface area contributed by atoms with Crippen molar-refractivity contribution in [2.75, 3.05) is 26.3 Å². The third-order valence-corrected chi connectivity index (χ3v) is 4.57. The Hall–Kier alpha value is -0.0800. The van der Waals surface area contributed by atoms with Gasteiger partial charge in [-0.1, -0.05) is 6.92 Å². The molecule has 2 nitrogen and oxygen atoms in total. The van der Waals surface area contributed by atoms with Gasteiger partial charge in [0.15, 0.2) is 0 Å². The van der Waals surface area contributed by atoms with Gasteiger partial charge in [0.25, 0.3) is 0 Å². The predicted octanol–water partition coefficient (Wildman–Crippen LogP) is 2.06. The molecule has 0 amide bonds. The second-order valence-electron chi connectivity index (χ2n) is 5.39. The molecular formula is C12H25N2+. The van der Waals surface area contributed by atoms with Crippen molar-refractivity contribution in [1.29, 1.82) is 0 Å². The zero-order chi connectivity index (χ0) is 10.2. The van der Waals surface area contributed by atoms with Crippen LogP contribution >= 0.6 is 0 Å². The third kappa shape index (κ3) is 1.59. The summed E-state index contributed by atoms with van der Waals surface area (Å²) in [5.41, 5.74) is 0. The number of nitrogens with zero attached hydrogens (tertiary/aromatic N) is 2. The molecular weight excluding hydrogens is 172 g/mol. The highest BCUT2D eigenvalue weighted by Gasteiger charge is 2.45. The summed E-state index contributed by atoms with van der Waals surface area (Å²) in [6, 6.07) is 1.67. The Morgan fingerprint density at radius 1 is 1.36 bits per heavy atom. The lowest BCUT2D eigenvalue weighted by atomic mass is 10.2. The summed E-state index contributed by atoms with van der Waals surface area (Å²) >= 11 is 0. The van der Waals surface area contributed by atoms with E-state index in [4.69, 9.17) is 0 Å². The van der Waals surface area contributed by atoms with Crippen LogP contribution in [0, 0.1) is 0 Å². The first-order valence-corrected chi connectivity index (χ1v) is 6.28. The topological polar surface area (TPSA) is 3.24 Å². The molecule has 0 aliphatic carbocycles. The molecule has 2 fully saturated rings. The van der Waals surface area contributed by atoms with Crippen molar-refractivity contribution in [3.8, 4) is 0 Å². The van der Waals surface area contributed by atoms with Crippen molar-refractivity contribution in [2.45, 2.75) is 52.1 Å². The molecule has 1 spiro atoms. The molecule has 2 saturated heterocycles. The molecule has 0 N–H and O–H groups in total. The molecule has 0 aromatic heterocycles. The van der Waals surface area contributed by atoms with Gasteiger partial charge in [-0.3, -0.25) is 0 Å². The Kier molecular flexibility index (Phi) is 2.85. The number of hydrogen-bond donors (Lipinski definition) is 0. The van der Waals surface area contributed by atoms with Crippen LogP contribution in [0.1, 0.15) is 40.0 Å². The molecule has 0 radical (unpaired) electrons. The lowest BCUT2D eigenvalue weighted by Crippen LogP contribution is -2.49. The molecule has 14 heavy (non-hydrogen) atoms. The van der Waals surface area contributed by atoms with Gasteiger partial charge in [0.05, 0.1) is 19.6 Å². The summed E-state index contributed by atoms with van der Waals surface area (Å²) in [4.78, 5) is 2.70. The zero-order valence-corrected chi connectivity index (χ0v) is 10.00. The Morgan fingerprint density at radius 3 is 2.57 bits per heavy atom. The van der Waals surface area contributed by atoms with Gasteiger partial charge in [0.1, 0.15) is 12.7 Å². The average molecular weight is 197 g/mol. The van der Waals surface area contributed by atoms with E-state index in [1.165, 1.54) is 50.0 Å². The highest BCUT2D eigenvalue weighted by Crippen LogP contribution is 2.31. The summed E-state index contributed by atoms with van der Waals surface area (Å²) < 4.78 is 1.41. The van der Waals surface area contributed by atoms with E-state index >= 15 is 0 Å². The van der Waals surface area contributed by atoms with E-state index in [-0.39, 0.29) is 0 Å². The first-order chi connectivity index (χ1) is 6.68. The SMILES string of the molecule is CCC(C)N1CC(C)[N+]2(CCCC2)C1. The van der Waals surface area contributed by atoms with Crippen LogP contribution in [0.3, 0.4) is 0 Å². The Labute approximate surface area is 88.5 Å². The largest absolute Gasteiger partial charge is 0.308 e. The van der Waals surface area contributed by atoms with Gasteiger partial charge in [-0.15, -0.1) is 0 Å². The molecule has 0 saturated carbocycles. The van der Waals surface area contributed by atoms with Crippen LogP contribution in [0.5, 0.6) is 0 Å². The van der Waals surface area contributed by atoms with Gasteiger partial charge < -0.3 is 4.48 Å². The van der Waals surface area contributed by atoms with Crippen LogP contribution in [0.25, 0.3) is 0 Å². The zero-order valence-electron chi connectivity index (χ0n) is 10.00. The lowest BCUT2D eigenvalue weighted by molar-refractivity contribution is -0.929. The minimum atomic E-state index is 0.788. The maximum atomic E-state index is 2.70. The number of quaternary nitrogens is 1. The quantitative estimate of drug-likeness (QED) is 0.613. The fourth-order valence-electron chi connectivity index (χ4n) is 3.20. The van der Waals surface area contributed by atoms with Gasteiger partial charge >= 0.3 is 0 Å². The van der Waals surface area contributed by atoms with Crippen molar-refractivity contribution < 1.29 is 4.48 Å². The maximum Gasteiger partial charge on any atom is 0.135 e. The first kappa shape index (κ1) is 10.4. The van der Waals surface area contributed by atoms with Crippen molar-refractivity contribution in [2.24, 2.45) is 0 Å². The van der Waals surface area contributed by atoms with Crippen molar-refractivity contribution in [3.05, 3.63) is 0 Å². The summed E-state index contributed by atoms with van der Waals surface area (Å²) in [7, 11) is 0. The van der Waals surface area contributed by atoms with Gasteiger partial charge in [0, 0.05) is 18.9 Å². The first-order valence-electron chi connectivity index (χ1n) is 6.28. The second kappa shape index (κ2) is 3.82. The molecule has 2 aliphatic heterocycles. The normalized spacial score (nSPS) is 34.1. The van der Waals surface area contributed by atoms with Crippen LogP contribution in [-0.2, 0) is 0 Å². The molecule has 2 heterocycles. The smallest absolute Gasteiger partial charge is 0.135 e. The van der Waals surface area contributed by atoms with Gasteiger partial charge in [-0.2, -0.15) is 0 Å². The third-order valence-electron chi connectivity index (χ3n) is 4.57. The van der Waals surface area contributed by atoms with E-state index in [0.29, 0.717) is 0 Å². The van der Waals surface area contributed by atoms with E-state index in [9.17, 15) is 0 Å².